The second-order valence-corrected chi connectivity index (χ2v) is 5.85. The Bertz CT molecular complexity index is 822. The molecule has 1 aliphatic rings. The zero-order valence-corrected chi connectivity index (χ0v) is 14.3. The average molecular weight is 354 g/mol. The number of carbonyl (C=O) groups is 3. The van der Waals surface area contributed by atoms with Crippen LogP contribution in [0.25, 0.3) is 0 Å². The predicted octanol–water partition coefficient (Wildman–Crippen LogP) is 2.05. The number of hydrogen-bond acceptors (Lipinski definition) is 6. The number of imide groups is 1. The van der Waals surface area contributed by atoms with Gasteiger partial charge in [-0.2, -0.15) is 0 Å². The SMILES string of the molecule is Cc1cc(Oc2ncccn2)ccc1NC(=O)CCN1C(=O)CCC1=O. The third kappa shape index (κ3) is 4.21. The molecule has 3 amide bonds. The summed E-state index contributed by atoms with van der Waals surface area (Å²) in [7, 11) is 0. The minimum absolute atomic E-state index is 0.0625. The lowest BCUT2D eigenvalue weighted by Crippen LogP contribution is -2.32. The molecule has 26 heavy (non-hydrogen) atoms. The summed E-state index contributed by atoms with van der Waals surface area (Å²) >= 11 is 0. The van der Waals surface area contributed by atoms with Gasteiger partial charge < -0.3 is 10.1 Å². The van der Waals surface area contributed by atoms with Crippen molar-refractivity contribution in [2.45, 2.75) is 26.2 Å². The first-order chi connectivity index (χ1) is 12.5. The van der Waals surface area contributed by atoms with Gasteiger partial charge in [-0.1, -0.05) is 0 Å². The Hall–Kier alpha value is -3.29. The Kier molecular flexibility index (Phi) is 5.21. The number of rotatable bonds is 6. The smallest absolute Gasteiger partial charge is 0.321 e. The molecular formula is C18H18N4O4. The number of benzene rings is 1. The van der Waals surface area contributed by atoms with Crippen LogP contribution in [0.1, 0.15) is 24.8 Å². The van der Waals surface area contributed by atoms with Crippen molar-refractivity contribution in [3.05, 3.63) is 42.2 Å². The van der Waals surface area contributed by atoms with Crippen LogP contribution in [0.4, 0.5) is 5.69 Å². The molecule has 8 nitrogen and oxygen atoms in total. The summed E-state index contributed by atoms with van der Waals surface area (Å²) in [5, 5.41) is 2.78. The van der Waals surface area contributed by atoms with E-state index in [1.807, 2.05) is 6.92 Å². The first-order valence-corrected chi connectivity index (χ1v) is 8.21. The normalized spacial score (nSPS) is 13.8. The Morgan fingerprint density at radius 2 is 1.88 bits per heavy atom. The van der Waals surface area contributed by atoms with Crippen molar-refractivity contribution < 1.29 is 19.1 Å². The molecule has 1 aromatic heterocycles. The van der Waals surface area contributed by atoms with E-state index in [2.05, 4.69) is 15.3 Å². The molecule has 3 rings (SSSR count). The van der Waals surface area contributed by atoms with Crippen LogP contribution in [0, 0.1) is 6.92 Å². The van der Waals surface area contributed by atoms with Crippen LogP contribution in [0.3, 0.4) is 0 Å². The molecule has 0 unspecified atom stereocenters. The highest BCUT2D eigenvalue weighted by Crippen LogP contribution is 2.24. The molecule has 1 aromatic carbocycles. The van der Waals surface area contributed by atoms with Gasteiger partial charge in [0.25, 0.3) is 0 Å². The fourth-order valence-corrected chi connectivity index (χ4v) is 2.58. The molecule has 2 aromatic rings. The predicted molar refractivity (Wildman–Crippen MR) is 92.5 cm³/mol. The fraction of sp³-hybridized carbons (Fsp3) is 0.278. The maximum atomic E-state index is 12.1. The van der Waals surface area contributed by atoms with E-state index in [4.69, 9.17) is 4.74 Å². The number of aryl methyl sites for hydroxylation is 1. The lowest BCUT2D eigenvalue weighted by molar-refractivity contribution is -0.138. The quantitative estimate of drug-likeness (QED) is 0.797. The molecule has 134 valence electrons. The van der Waals surface area contributed by atoms with Crippen LogP contribution in [0.2, 0.25) is 0 Å². The second kappa shape index (κ2) is 7.73. The van der Waals surface area contributed by atoms with Gasteiger partial charge in [-0.15, -0.1) is 0 Å². The molecule has 1 aliphatic heterocycles. The van der Waals surface area contributed by atoms with Crippen molar-refractivity contribution in [3.63, 3.8) is 0 Å². The number of nitrogens with one attached hydrogen (secondary N) is 1. The topological polar surface area (TPSA) is 101 Å². The minimum atomic E-state index is -0.263. The largest absolute Gasteiger partial charge is 0.424 e. The van der Waals surface area contributed by atoms with E-state index >= 15 is 0 Å². The number of nitrogens with zero attached hydrogens (tertiary/aromatic N) is 3. The number of likely N-dealkylation sites (tertiary alicyclic amines) is 1. The molecule has 0 aliphatic carbocycles. The Labute approximate surface area is 150 Å². The number of hydrogen-bond donors (Lipinski definition) is 1. The molecule has 0 saturated carbocycles. The highest BCUT2D eigenvalue weighted by molar-refractivity contribution is 6.02. The molecule has 0 bridgehead atoms. The van der Waals surface area contributed by atoms with Crippen molar-refractivity contribution in [1.82, 2.24) is 14.9 Å². The van der Waals surface area contributed by atoms with E-state index in [1.54, 1.807) is 36.7 Å². The lowest BCUT2D eigenvalue weighted by Gasteiger charge is -2.14. The average Bonchev–Trinajstić information content (AvgIpc) is 2.94. The summed E-state index contributed by atoms with van der Waals surface area (Å²) in [4.78, 5) is 44.3. The third-order valence-corrected chi connectivity index (χ3v) is 3.94. The summed E-state index contributed by atoms with van der Waals surface area (Å²) in [6, 6.07) is 7.12. The highest BCUT2D eigenvalue weighted by atomic mass is 16.5. The van der Waals surface area contributed by atoms with Gasteiger partial charge in [0.1, 0.15) is 5.75 Å². The van der Waals surface area contributed by atoms with Gasteiger partial charge in [-0.3, -0.25) is 19.3 Å². The first kappa shape index (κ1) is 17.5. The van der Waals surface area contributed by atoms with Crippen molar-refractivity contribution >= 4 is 23.4 Å². The molecule has 0 radical (unpaired) electrons. The van der Waals surface area contributed by atoms with Gasteiger partial charge >= 0.3 is 6.01 Å². The van der Waals surface area contributed by atoms with Crippen LogP contribution in [0.5, 0.6) is 11.8 Å². The number of ether oxygens (including phenoxy) is 1. The van der Waals surface area contributed by atoms with Crippen LogP contribution in [-0.2, 0) is 14.4 Å². The zero-order chi connectivity index (χ0) is 18.5. The standard InChI is InChI=1S/C18H18N4O4/c1-12-11-13(26-18-19-8-2-9-20-18)3-4-14(12)21-15(23)7-10-22-16(24)5-6-17(22)25/h2-4,8-9,11H,5-7,10H2,1H3,(H,21,23). The Morgan fingerprint density at radius 1 is 1.19 bits per heavy atom. The van der Waals surface area contributed by atoms with Gasteiger partial charge in [0.15, 0.2) is 0 Å². The first-order valence-electron chi connectivity index (χ1n) is 8.21. The second-order valence-electron chi connectivity index (χ2n) is 5.85. The molecule has 2 heterocycles. The summed E-state index contributed by atoms with van der Waals surface area (Å²) < 4.78 is 5.54. The molecular weight excluding hydrogens is 336 g/mol. The van der Waals surface area contributed by atoms with E-state index in [9.17, 15) is 14.4 Å². The van der Waals surface area contributed by atoms with Crippen LogP contribution < -0.4 is 10.1 Å². The molecule has 8 heteroatoms. The Balaban J connectivity index is 1.56. The van der Waals surface area contributed by atoms with Gasteiger partial charge in [0.05, 0.1) is 0 Å². The maximum Gasteiger partial charge on any atom is 0.321 e. The molecule has 0 atom stereocenters. The molecule has 1 saturated heterocycles. The lowest BCUT2D eigenvalue weighted by atomic mass is 10.2. The number of anilines is 1. The van der Waals surface area contributed by atoms with Gasteiger partial charge in [0, 0.05) is 43.9 Å². The van der Waals surface area contributed by atoms with E-state index in [1.165, 1.54) is 0 Å². The van der Waals surface area contributed by atoms with Crippen LogP contribution in [0.15, 0.2) is 36.7 Å². The number of amides is 3. The molecule has 1 fully saturated rings. The van der Waals surface area contributed by atoms with E-state index < -0.39 is 0 Å². The zero-order valence-electron chi connectivity index (χ0n) is 14.3. The van der Waals surface area contributed by atoms with Gasteiger partial charge in [-0.05, 0) is 36.8 Å². The third-order valence-electron chi connectivity index (χ3n) is 3.94. The van der Waals surface area contributed by atoms with Crippen molar-refractivity contribution in [2.75, 3.05) is 11.9 Å². The molecule has 1 N–H and O–H groups in total. The maximum absolute atomic E-state index is 12.1. The van der Waals surface area contributed by atoms with E-state index in [0.717, 1.165) is 10.5 Å². The molecule has 0 spiro atoms. The van der Waals surface area contributed by atoms with Crippen LogP contribution in [-0.4, -0.2) is 39.1 Å². The van der Waals surface area contributed by atoms with Crippen LogP contribution >= 0.6 is 0 Å². The summed E-state index contributed by atoms with van der Waals surface area (Å²) in [6.07, 6.45) is 3.69. The minimum Gasteiger partial charge on any atom is -0.424 e. The summed E-state index contributed by atoms with van der Waals surface area (Å²) in [6.45, 7) is 1.94. The highest BCUT2D eigenvalue weighted by Gasteiger charge is 2.28. The fourth-order valence-electron chi connectivity index (χ4n) is 2.58. The monoisotopic (exact) mass is 354 g/mol. The summed E-state index contributed by atoms with van der Waals surface area (Å²) in [5.41, 5.74) is 1.44. The van der Waals surface area contributed by atoms with E-state index in [-0.39, 0.29) is 49.5 Å². The van der Waals surface area contributed by atoms with E-state index in [0.29, 0.717) is 11.4 Å². The van der Waals surface area contributed by atoms with Gasteiger partial charge in [-0.25, -0.2) is 9.97 Å². The van der Waals surface area contributed by atoms with Crippen molar-refractivity contribution in [3.8, 4) is 11.8 Å². The van der Waals surface area contributed by atoms with Crippen molar-refractivity contribution in [2.24, 2.45) is 0 Å². The number of aromatic nitrogens is 2. The number of carbonyl (C=O) groups excluding carboxylic acids is 3. The van der Waals surface area contributed by atoms with Gasteiger partial charge in [0.2, 0.25) is 17.7 Å². The van der Waals surface area contributed by atoms with Crippen molar-refractivity contribution in [1.29, 1.82) is 0 Å². The summed E-state index contributed by atoms with van der Waals surface area (Å²) in [5.74, 6) is -0.146. The Morgan fingerprint density at radius 3 is 2.54 bits per heavy atom.